The average Bonchev–Trinajstić information content (AvgIpc) is 2.61. The molecule has 1 heterocycles. The van der Waals surface area contributed by atoms with Crippen LogP contribution in [-0.2, 0) is 20.9 Å². The molecule has 0 aromatic heterocycles. The van der Waals surface area contributed by atoms with E-state index in [1.165, 1.54) is 21.9 Å². The van der Waals surface area contributed by atoms with E-state index in [0.717, 1.165) is 5.56 Å². The third-order valence-electron chi connectivity index (χ3n) is 4.11. The largest absolute Gasteiger partial charge is 0.351 e. The molecule has 0 bridgehead atoms. The quantitative estimate of drug-likeness (QED) is 0.593. The van der Waals surface area contributed by atoms with Crippen LogP contribution >= 0.6 is 0 Å². The van der Waals surface area contributed by atoms with Crippen molar-refractivity contribution in [2.45, 2.75) is 25.9 Å². The van der Waals surface area contributed by atoms with Crippen molar-refractivity contribution in [3.05, 3.63) is 48.3 Å². The van der Waals surface area contributed by atoms with E-state index in [4.69, 9.17) is 0 Å². The summed E-state index contributed by atoms with van der Waals surface area (Å²) in [5, 5.41) is 2.66. The minimum Gasteiger partial charge on any atom is -0.351 e. The standard InChI is InChI=1S/C18H22FN3O3/c1-3-9-20-16(23)15(4-2)22-11-10-21(17(24)18(22)25)12-13-5-7-14(19)8-6-13/h3,5-8,15H,1,4,9-12H2,2H3,(H,20,23). The summed E-state index contributed by atoms with van der Waals surface area (Å²) >= 11 is 0. The maximum atomic E-state index is 13.0. The van der Waals surface area contributed by atoms with Crippen molar-refractivity contribution in [1.29, 1.82) is 0 Å². The van der Waals surface area contributed by atoms with Gasteiger partial charge in [-0.1, -0.05) is 25.1 Å². The normalized spacial score (nSPS) is 15.9. The van der Waals surface area contributed by atoms with Crippen LogP contribution in [0.1, 0.15) is 18.9 Å². The van der Waals surface area contributed by atoms with E-state index in [-0.39, 0.29) is 24.8 Å². The zero-order chi connectivity index (χ0) is 18.4. The minimum absolute atomic E-state index is 0.234. The Balaban J connectivity index is 2.04. The molecule has 0 radical (unpaired) electrons. The maximum absolute atomic E-state index is 13.0. The van der Waals surface area contributed by atoms with E-state index in [1.807, 2.05) is 0 Å². The molecule has 1 aliphatic heterocycles. The van der Waals surface area contributed by atoms with E-state index in [2.05, 4.69) is 11.9 Å². The molecule has 1 fully saturated rings. The topological polar surface area (TPSA) is 69.7 Å². The SMILES string of the molecule is C=CCNC(=O)C(CC)N1CCN(Cc2ccc(F)cc2)C(=O)C1=O. The Hall–Kier alpha value is -2.70. The number of amides is 3. The second kappa shape index (κ2) is 8.41. The van der Waals surface area contributed by atoms with E-state index in [9.17, 15) is 18.8 Å². The number of piperazine rings is 1. The highest BCUT2D eigenvalue weighted by atomic mass is 19.1. The average molecular weight is 347 g/mol. The van der Waals surface area contributed by atoms with Gasteiger partial charge in [0.05, 0.1) is 0 Å². The Morgan fingerprint density at radius 2 is 1.96 bits per heavy atom. The highest BCUT2D eigenvalue weighted by Crippen LogP contribution is 2.15. The van der Waals surface area contributed by atoms with Gasteiger partial charge in [-0.15, -0.1) is 6.58 Å². The van der Waals surface area contributed by atoms with Crippen LogP contribution in [0.3, 0.4) is 0 Å². The number of rotatable bonds is 7. The molecule has 134 valence electrons. The lowest BCUT2D eigenvalue weighted by Gasteiger charge is -2.37. The van der Waals surface area contributed by atoms with Crippen molar-refractivity contribution in [3.63, 3.8) is 0 Å². The molecular weight excluding hydrogens is 325 g/mol. The van der Waals surface area contributed by atoms with Crippen LogP contribution in [0.2, 0.25) is 0 Å². The first-order chi connectivity index (χ1) is 12.0. The second-order valence-electron chi connectivity index (χ2n) is 5.81. The fourth-order valence-corrected chi connectivity index (χ4v) is 2.79. The second-order valence-corrected chi connectivity index (χ2v) is 5.81. The van der Waals surface area contributed by atoms with Gasteiger partial charge in [-0.05, 0) is 24.1 Å². The highest BCUT2D eigenvalue weighted by molar-refractivity contribution is 6.35. The first-order valence-corrected chi connectivity index (χ1v) is 8.20. The van der Waals surface area contributed by atoms with Gasteiger partial charge in [0.25, 0.3) is 0 Å². The van der Waals surface area contributed by atoms with Gasteiger partial charge in [-0.25, -0.2) is 4.39 Å². The number of carbonyl (C=O) groups is 3. The summed E-state index contributed by atoms with van der Waals surface area (Å²) in [6, 6.07) is 5.11. The molecule has 1 saturated heterocycles. The van der Waals surface area contributed by atoms with Gasteiger partial charge in [-0.2, -0.15) is 0 Å². The summed E-state index contributed by atoms with van der Waals surface area (Å²) in [5.74, 6) is -1.98. The van der Waals surface area contributed by atoms with Gasteiger partial charge in [-0.3, -0.25) is 14.4 Å². The lowest BCUT2D eigenvalue weighted by molar-refractivity contribution is -0.159. The van der Waals surface area contributed by atoms with Crippen molar-refractivity contribution in [2.75, 3.05) is 19.6 Å². The summed E-state index contributed by atoms with van der Waals surface area (Å²) < 4.78 is 13.0. The van der Waals surface area contributed by atoms with Crippen LogP contribution in [-0.4, -0.2) is 53.2 Å². The first kappa shape index (κ1) is 18.6. The highest BCUT2D eigenvalue weighted by Gasteiger charge is 2.38. The van der Waals surface area contributed by atoms with E-state index in [0.29, 0.717) is 19.5 Å². The molecule has 1 aliphatic rings. The van der Waals surface area contributed by atoms with E-state index >= 15 is 0 Å². The van der Waals surface area contributed by atoms with Crippen molar-refractivity contribution in [1.82, 2.24) is 15.1 Å². The fraction of sp³-hybridized carbons (Fsp3) is 0.389. The van der Waals surface area contributed by atoms with Crippen LogP contribution in [0.4, 0.5) is 4.39 Å². The maximum Gasteiger partial charge on any atom is 0.312 e. The molecule has 0 saturated carbocycles. The van der Waals surface area contributed by atoms with Gasteiger partial charge in [0, 0.05) is 26.2 Å². The van der Waals surface area contributed by atoms with Gasteiger partial charge in [0.15, 0.2) is 0 Å². The Kier molecular flexibility index (Phi) is 6.27. The van der Waals surface area contributed by atoms with Crippen LogP contribution in [0.25, 0.3) is 0 Å². The molecule has 1 aromatic rings. The zero-order valence-electron chi connectivity index (χ0n) is 14.2. The van der Waals surface area contributed by atoms with Crippen LogP contribution in [0, 0.1) is 5.82 Å². The molecule has 0 spiro atoms. The molecule has 0 aliphatic carbocycles. The molecule has 3 amide bonds. The molecule has 2 rings (SSSR count). The molecular formula is C18H22FN3O3. The lowest BCUT2D eigenvalue weighted by atomic mass is 10.1. The van der Waals surface area contributed by atoms with Gasteiger partial charge in [0.2, 0.25) is 5.91 Å². The number of benzene rings is 1. The smallest absolute Gasteiger partial charge is 0.312 e. The Morgan fingerprint density at radius 3 is 2.56 bits per heavy atom. The molecule has 6 nitrogen and oxygen atoms in total. The monoisotopic (exact) mass is 347 g/mol. The number of hydrogen-bond donors (Lipinski definition) is 1. The van der Waals surface area contributed by atoms with Crippen molar-refractivity contribution < 1.29 is 18.8 Å². The van der Waals surface area contributed by atoms with Crippen LogP contribution < -0.4 is 5.32 Å². The number of carbonyl (C=O) groups excluding carboxylic acids is 3. The molecule has 1 unspecified atom stereocenters. The fourth-order valence-electron chi connectivity index (χ4n) is 2.79. The Bertz CT molecular complexity index is 660. The number of nitrogens with one attached hydrogen (secondary N) is 1. The molecule has 25 heavy (non-hydrogen) atoms. The number of nitrogens with zero attached hydrogens (tertiary/aromatic N) is 2. The zero-order valence-corrected chi connectivity index (χ0v) is 14.2. The molecule has 1 N–H and O–H groups in total. The summed E-state index contributed by atoms with van der Waals surface area (Å²) in [5.41, 5.74) is 0.742. The summed E-state index contributed by atoms with van der Waals surface area (Å²) in [4.78, 5) is 39.7. The predicted molar refractivity (Wildman–Crippen MR) is 90.8 cm³/mol. The van der Waals surface area contributed by atoms with E-state index in [1.54, 1.807) is 25.1 Å². The van der Waals surface area contributed by atoms with Crippen LogP contribution in [0.5, 0.6) is 0 Å². The molecule has 1 aromatic carbocycles. The van der Waals surface area contributed by atoms with Crippen molar-refractivity contribution in [2.24, 2.45) is 0 Å². The van der Waals surface area contributed by atoms with E-state index < -0.39 is 17.9 Å². The summed E-state index contributed by atoms with van der Waals surface area (Å²) in [6.45, 7) is 6.48. The molecule has 7 heteroatoms. The minimum atomic E-state index is -0.686. The third-order valence-corrected chi connectivity index (χ3v) is 4.11. The number of hydrogen-bond acceptors (Lipinski definition) is 3. The van der Waals surface area contributed by atoms with Crippen LogP contribution in [0.15, 0.2) is 36.9 Å². The van der Waals surface area contributed by atoms with Gasteiger partial charge >= 0.3 is 11.8 Å². The van der Waals surface area contributed by atoms with Crippen molar-refractivity contribution in [3.8, 4) is 0 Å². The van der Waals surface area contributed by atoms with Gasteiger partial charge in [0.1, 0.15) is 11.9 Å². The summed E-state index contributed by atoms with van der Waals surface area (Å²) in [6.07, 6.45) is 1.97. The summed E-state index contributed by atoms with van der Waals surface area (Å²) in [7, 11) is 0. The first-order valence-electron chi connectivity index (χ1n) is 8.20. The third kappa shape index (κ3) is 4.43. The van der Waals surface area contributed by atoms with Crippen molar-refractivity contribution >= 4 is 17.7 Å². The predicted octanol–water partition coefficient (Wildman–Crippen LogP) is 1.08. The lowest BCUT2D eigenvalue weighted by Crippen LogP contribution is -2.60. The Labute approximate surface area is 146 Å². The molecule has 1 atom stereocenters. The van der Waals surface area contributed by atoms with Gasteiger partial charge < -0.3 is 15.1 Å². The Morgan fingerprint density at radius 1 is 1.28 bits per heavy atom. The number of halogens is 1.